The standard InChI is InChI=1S/C11H15ClO4S/c1-8(13)9-3-4-11(10(12)7-9)16-5-6-17(2,14)15/h3-4,7-8,13H,5-6H2,1-2H3. The molecule has 0 bridgehead atoms. The number of aliphatic hydroxyl groups excluding tert-OH is 1. The maximum atomic E-state index is 10.9. The van der Waals surface area contributed by atoms with Gasteiger partial charge in [0.2, 0.25) is 0 Å². The molecular formula is C11H15ClO4S. The van der Waals surface area contributed by atoms with Gasteiger partial charge in [-0.3, -0.25) is 0 Å². The van der Waals surface area contributed by atoms with E-state index in [2.05, 4.69) is 0 Å². The normalized spacial score (nSPS) is 13.4. The first-order chi connectivity index (χ1) is 7.79. The van der Waals surface area contributed by atoms with Crippen LogP contribution in [-0.4, -0.2) is 32.1 Å². The maximum absolute atomic E-state index is 10.9. The largest absolute Gasteiger partial charge is 0.491 e. The molecular weight excluding hydrogens is 264 g/mol. The number of hydrogen-bond acceptors (Lipinski definition) is 4. The molecule has 0 saturated carbocycles. The summed E-state index contributed by atoms with van der Waals surface area (Å²) in [6.07, 6.45) is 0.548. The molecule has 1 unspecified atom stereocenters. The molecule has 1 atom stereocenters. The van der Waals surface area contributed by atoms with E-state index in [1.54, 1.807) is 25.1 Å². The molecule has 0 heterocycles. The molecule has 0 spiro atoms. The number of ether oxygens (including phenoxy) is 1. The lowest BCUT2D eigenvalue weighted by molar-refractivity contribution is 0.199. The fraction of sp³-hybridized carbons (Fsp3) is 0.455. The van der Waals surface area contributed by atoms with Gasteiger partial charge in [-0.05, 0) is 24.6 Å². The van der Waals surface area contributed by atoms with Gasteiger partial charge in [0.25, 0.3) is 0 Å². The zero-order chi connectivity index (χ0) is 13.1. The summed E-state index contributed by atoms with van der Waals surface area (Å²) in [7, 11) is -3.04. The van der Waals surface area contributed by atoms with Crippen molar-refractivity contribution >= 4 is 21.4 Å². The smallest absolute Gasteiger partial charge is 0.150 e. The molecule has 0 radical (unpaired) electrons. The number of aliphatic hydroxyl groups is 1. The number of rotatable bonds is 5. The third-order valence-electron chi connectivity index (χ3n) is 2.15. The highest BCUT2D eigenvalue weighted by molar-refractivity contribution is 7.90. The predicted octanol–water partition coefficient (Wildman–Crippen LogP) is 1.82. The molecule has 1 rings (SSSR count). The molecule has 0 amide bonds. The molecule has 0 aliphatic rings. The topological polar surface area (TPSA) is 63.6 Å². The zero-order valence-electron chi connectivity index (χ0n) is 9.68. The summed E-state index contributed by atoms with van der Waals surface area (Å²) in [6, 6.07) is 4.90. The Bertz CT molecular complexity index is 482. The minimum absolute atomic E-state index is 0.0541. The third-order valence-corrected chi connectivity index (χ3v) is 3.35. The first kappa shape index (κ1) is 14.3. The molecule has 1 aromatic rings. The molecule has 4 nitrogen and oxygen atoms in total. The van der Waals surface area contributed by atoms with Gasteiger partial charge in [-0.1, -0.05) is 17.7 Å². The van der Waals surface area contributed by atoms with E-state index in [9.17, 15) is 13.5 Å². The average Bonchev–Trinajstić information content (AvgIpc) is 2.18. The molecule has 0 fully saturated rings. The van der Waals surface area contributed by atoms with E-state index < -0.39 is 15.9 Å². The molecule has 1 N–H and O–H groups in total. The van der Waals surface area contributed by atoms with E-state index in [1.807, 2.05) is 0 Å². The summed E-state index contributed by atoms with van der Waals surface area (Å²) < 4.78 is 27.1. The van der Waals surface area contributed by atoms with Crippen LogP contribution < -0.4 is 4.74 Å². The van der Waals surface area contributed by atoms with E-state index in [1.165, 1.54) is 0 Å². The molecule has 0 aromatic heterocycles. The van der Waals surface area contributed by atoms with Crippen molar-refractivity contribution in [1.29, 1.82) is 0 Å². The summed E-state index contributed by atoms with van der Waals surface area (Å²) in [6.45, 7) is 1.70. The lowest BCUT2D eigenvalue weighted by atomic mass is 10.1. The second kappa shape index (κ2) is 5.71. The Morgan fingerprint density at radius 3 is 2.59 bits per heavy atom. The minimum atomic E-state index is -3.04. The van der Waals surface area contributed by atoms with E-state index >= 15 is 0 Å². The SMILES string of the molecule is CC(O)c1ccc(OCCS(C)(=O)=O)c(Cl)c1. The summed E-state index contributed by atoms with van der Waals surface area (Å²) in [5.74, 6) is 0.362. The van der Waals surface area contributed by atoms with Crippen LogP contribution in [0.2, 0.25) is 5.02 Å². The summed E-state index contributed by atoms with van der Waals surface area (Å²) in [5, 5.41) is 9.70. The second-order valence-electron chi connectivity index (χ2n) is 3.84. The minimum Gasteiger partial charge on any atom is -0.491 e. The van der Waals surface area contributed by atoms with Crippen LogP contribution in [0.4, 0.5) is 0 Å². The van der Waals surface area contributed by atoms with Crippen LogP contribution in [0.15, 0.2) is 18.2 Å². The molecule has 0 aliphatic heterocycles. The van der Waals surface area contributed by atoms with E-state index in [-0.39, 0.29) is 12.4 Å². The van der Waals surface area contributed by atoms with Crippen molar-refractivity contribution in [3.63, 3.8) is 0 Å². The van der Waals surface area contributed by atoms with Crippen LogP contribution in [0.25, 0.3) is 0 Å². The van der Waals surface area contributed by atoms with Gasteiger partial charge >= 0.3 is 0 Å². The van der Waals surface area contributed by atoms with Crippen LogP contribution in [0.5, 0.6) is 5.75 Å². The molecule has 6 heteroatoms. The van der Waals surface area contributed by atoms with Gasteiger partial charge in [0.05, 0.1) is 16.9 Å². The third kappa shape index (κ3) is 4.93. The molecule has 0 saturated heterocycles. The Morgan fingerprint density at radius 2 is 2.12 bits per heavy atom. The number of sulfone groups is 1. The van der Waals surface area contributed by atoms with Crippen LogP contribution in [0.1, 0.15) is 18.6 Å². The van der Waals surface area contributed by atoms with Gasteiger partial charge in [0.1, 0.15) is 12.4 Å². The Hall–Kier alpha value is -0.780. The van der Waals surface area contributed by atoms with Gasteiger partial charge in [-0.2, -0.15) is 0 Å². The van der Waals surface area contributed by atoms with Crippen LogP contribution >= 0.6 is 11.6 Å². The van der Waals surface area contributed by atoms with Crippen molar-refractivity contribution in [2.75, 3.05) is 18.6 Å². The highest BCUT2D eigenvalue weighted by atomic mass is 35.5. The second-order valence-corrected chi connectivity index (χ2v) is 6.51. The first-order valence-corrected chi connectivity index (χ1v) is 7.51. The van der Waals surface area contributed by atoms with Gasteiger partial charge in [0.15, 0.2) is 9.84 Å². The van der Waals surface area contributed by atoms with Crippen LogP contribution in [0, 0.1) is 0 Å². The molecule has 1 aromatic carbocycles. The van der Waals surface area contributed by atoms with Gasteiger partial charge in [0, 0.05) is 6.26 Å². The summed E-state index contributed by atoms with van der Waals surface area (Å²) in [4.78, 5) is 0. The Balaban J connectivity index is 2.67. The number of halogens is 1. The Labute approximate surface area is 106 Å². The highest BCUT2D eigenvalue weighted by Gasteiger charge is 2.08. The molecule has 0 aliphatic carbocycles. The fourth-order valence-corrected chi connectivity index (χ4v) is 1.83. The van der Waals surface area contributed by atoms with Crippen LogP contribution in [-0.2, 0) is 9.84 Å². The zero-order valence-corrected chi connectivity index (χ0v) is 11.3. The first-order valence-electron chi connectivity index (χ1n) is 5.07. The van der Waals surface area contributed by atoms with Gasteiger partial charge in [-0.15, -0.1) is 0 Å². The van der Waals surface area contributed by atoms with Gasteiger partial charge in [-0.25, -0.2) is 8.42 Å². The predicted molar refractivity (Wildman–Crippen MR) is 67.3 cm³/mol. The average molecular weight is 279 g/mol. The van der Waals surface area contributed by atoms with Crippen molar-refractivity contribution < 1.29 is 18.3 Å². The Morgan fingerprint density at radius 1 is 1.47 bits per heavy atom. The molecule has 96 valence electrons. The summed E-state index contributed by atoms with van der Waals surface area (Å²) >= 11 is 5.94. The van der Waals surface area contributed by atoms with Crippen molar-refractivity contribution in [3.8, 4) is 5.75 Å². The van der Waals surface area contributed by atoms with Crippen molar-refractivity contribution in [2.24, 2.45) is 0 Å². The number of benzene rings is 1. The van der Waals surface area contributed by atoms with Crippen molar-refractivity contribution in [2.45, 2.75) is 13.0 Å². The van der Waals surface area contributed by atoms with Crippen LogP contribution in [0.3, 0.4) is 0 Å². The summed E-state index contributed by atoms with van der Waals surface area (Å²) in [5.41, 5.74) is 0.686. The number of hydrogen-bond donors (Lipinski definition) is 1. The Kier molecular flexibility index (Phi) is 4.80. The quantitative estimate of drug-likeness (QED) is 0.892. The fourth-order valence-electron chi connectivity index (χ4n) is 1.20. The van der Waals surface area contributed by atoms with E-state index in [0.29, 0.717) is 16.3 Å². The lowest BCUT2D eigenvalue weighted by Crippen LogP contribution is -2.12. The molecule has 17 heavy (non-hydrogen) atoms. The van der Waals surface area contributed by atoms with Crippen molar-refractivity contribution in [1.82, 2.24) is 0 Å². The lowest BCUT2D eigenvalue weighted by Gasteiger charge is -2.10. The highest BCUT2D eigenvalue weighted by Crippen LogP contribution is 2.27. The monoisotopic (exact) mass is 278 g/mol. The van der Waals surface area contributed by atoms with E-state index in [0.717, 1.165) is 6.26 Å². The maximum Gasteiger partial charge on any atom is 0.150 e. The van der Waals surface area contributed by atoms with E-state index in [4.69, 9.17) is 16.3 Å². The van der Waals surface area contributed by atoms with Crippen molar-refractivity contribution in [3.05, 3.63) is 28.8 Å². The van der Waals surface area contributed by atoms with Gasteiger partial charge < -0.3 is 9.84 Å².